The first kappa shape index (κ1) is 14.1. The standard InChI is InChI=1S/C11H16N2O2S2/c1-2-4-12-10(14)3-5-13-11(15)9-6-8(16)7-17-9/h6-7,16H,2-5H2,1H3,(H,12,14)(H,13,15). The van der Waals surface area contributed by atoms with Crippen LogP contribution in [0.3, 0.4) is 0 Å². The quantitative estimate of drug-likeness (QED) is 0.690. The minimum Gasteiger partial charge on any atom is -0.356 e. The Bertz CT molecular complexity index is 391. The highest BCUT2D eigenvalue weighted by atomic mass is 32.1. The molecule has 1 rings (SSSR count). The predicted octanol–water partition coefficient (Wildman–Crippen LogP) is 1.68. The summed E-state index contributed by atoms with van der Waals surface area (Å²) in [6, 6.07) is 1.71. The molecule has 0 unspecified atom stereocenters. The van der Waals surface area contributed by atoms with E-state index < -0.39 is 0 Å². The van der Waals surface area contributed by atoms with Gasteiger partial charge in [-0.05, 0) is 12.5 Å². The maximum Gasteiger partial charge on any atom is 0.261 e. The van der Waals surface area contributed by atoms with Crippen LogP contribution >= 0.6 is 24.0 Å². The second kappa shape index (κ2) is 7.34. The van der Waals surface area contributed by atoms with Crippen molar-refractivity contribution in [2.24, 2.45) is 0 Å². The Balaban J connectivity index is 2.23. The van der Waals surface area contributed by atoms with E-state index in [9.17, 15) is 9.59 Å². The van der Waals surface area contributed by atoms with E-state index in [1.54, 1.807) is 11.4 Å². The maximum atomic E-state index is 11.6. The van der Waals surface area contributed by atoms with E-state index in [4.69, 9.17) is 0 Å². The highest BCUT2D eigenvalue weighted by Crippen LogP contribution is 2.17. The highest BCUT2D eigenvalue weighted by molar-refractivity contribution is 7.80. The number of rotatable bonds is 6. The number of nitrogens with one attached hydrogen (secondary N) is 2. The number of thiol groups is 1. The molecule has 0 saturated carbocycles. The van der Waals surface area contributed by atoms with Gasteiger partial charge in [-0.3, -0.25) is 9.59 Å². The fourth-order valence-corrected chi connectivity index (χ4v) is 2.24. The Morgan fingerprint density at radius 2 is 2.12 bits per heavy atom. The lowest BCUT2D eigenvalue weighted by molar-refractivity contribution is -0.120. The number of carbonyl (C=O) groups excluding carboxylic acids is 2. The molecule has 6 heteroatoms. The van der Waals surface area contributed by atoms with Crippen molar-refractivity contribution in [3.05, 3.63) is 16.3 Å². The second-order valence-corrected chi connectivity index (χ2v) is 4.95. The molecule has 0 aliphatic heterocycles. The fraction of sp³-hybridized carbons (Fsp3) is 0.455. The van der Waals surface area contributed by atoms with Crippen LogP contribution in [-0.4, -0.2) is 24.9 Å². The molecule has 0 aliphatic rings. The molecule has 2 N–H and O–H groups in total. The second-order valence-electron chi connectivity index (χ2n) is 3.53. The zero-order valence-electron chi connectivity index (χ0n) is 9.66. The van der Waals surface area contributed by atoms with E-state index in [0.29, 0.717) is 24.4 Å². The van der Waals surface area contributed by atoms with Gasteiger partial charge in [0.1, 0.15) is 0 Å². The molecule has 17 heavy (non-hydrogen) atoms. The zero-order valence-corrected chi connectivity index (χ0v) is 11.4. The zero-order chi connectivity index (χ0) is 12.7. The third-order valence-corrected chi connectivity index (χ3v) is 3.38. The van der Waals surface area contributed by atoms with E-state index in [1.165, 1.54) is 11.3 Å². The summed E-state index contributed by atoms with van der Waals surface area (Å²) in [5.74, 6) is -0.188. The summed E-state index contributed by atoms with van der Waals surface area (Å²) in [7, 11) is 0. The molecule has 0 aromatic carbocycles. The molecule has 2 amide bonds. The summed E-state index contributed by atoms with van der Waals surface area (Å²) in [6.45, 7) is 3.03. The van der Waals surface area contributed by atoms with E-state index in [-0.39, 0.29) is 11.8 Å². The lowest BCUT2D eigenvalue weighted by Gasteiger charge is -2.04. The number of carbonyl (C=O) groups is 2. The van der Waals surface area contributed by atoms with Gasteiger partial charge in [-0.15, -0.1) is 24.0 Å². The number of amides is 2. The van der Waals surface area contributed by atoms with Crippen LogP contribution in [0.15, 0.2) is 16.3 Å². The molecule has 1 heterocycles. The average Bonchev–Trinajstić information content (AvgIpc) is 2.73. The third kappa shape index (κ3) is 5.23. The van der Waals surface area contributed by atoms with E-state index in [1.807, 2.05) is 6.92 Å². The van der Waals surface area contributed by atoms with Gasteiger partial charge in [0, 0.05) is 29.8 Å². The van der Waals surface area contributed by atoms with Crippen LogP contribution in [0.25, 0.3) is 0 Å². The van der Waals surface area contributed by atoms with Crippen LogP contribution in [0.4, 0.5) is 0 Å². The first-order valence-corrected chi connectivity index (χ1v) is 6.78. The largest absolute Gasteiger partial charge is 0.356 e. The van der Waals surface area contributed by atoms with Gasteiger partial charge in [0.15, 0.2) is 0 Å². The Hall–Kier alpha value is -1.01. The minimum atomic E-state index is -0.154. The molecule has 0 radical (unpaired) electrons. The number of hydrogen-bond donors (Lipinski definition) is 3. The average molecular weight is 272 g/mol. The summed E-state index contributed by atoms with van der Waals surface area (Å²) in [6.07, 6.45) is 1.23. The van der Waals surface area contributed by atoms with Crippen LogP contribution in [0.1, 0.15) is 29.4 Å². The van der Waals surface area contributed by atoms with Crippen molar-refractivity contribution in [2.75, 3.05) is 13.1 Å². The van der Waals surface area contributed by atoms with Crippen LogP contribution < -0.4 is 10.6 Å². The molecule has 0 aliphatic carbocycles. The van der Waals surface area contributed by atoms with Crippen molar-refractivity contribution in [3.63, 3.8) is 0 Å². The van der Waals surface area contributed by atoms with Crippen molar-refractivity contribution in [3.8, 4) is 0 Å². The molecule has 4 nitrogen and oxygen atoms in total. The van der Waals surface area contributed by atoms with Gasteiger partial charge >= 0.3 is 0 Å². The van der Waals surface area contributed by atoms with Crippen molar-refractivity contribution in [1.82, 2.24) is 10.6 Å². The first-order valence-electron chi connectivity index (χ1n) is 5.46. The van der Waals surface area contributed by atoms with Gasteiger partial charge in [-0.25, -0.2) is 0 Å². The van der Waals surface area contributed by atoms with Gasteiger partial charge in [0.2, 0.25) is 5.91 Å². The van der Waals surface area contributed by atoms with Crippen molar-refractivity contribution < 1.29 is 9.59 Å². The molecular formula is C11H16N2O2S2. The molecule has 0 fully saturated rings. The Morgan fingerprint density at radius 3 is 2.71 bits per heavy atom. The van der Waals surface area contributed by atoms with E-state index >= 15 is 0 Å². The summed E-state index contributed by atoms with van der Waals surface area (Å²) in [5.41, 5.74) is 0. The van der Waals surface area contributed by atoms with E-state index in [2.05, 4.69) is 23.3 Å². The SMILES string of the molecule is CCCNC(=O)CCNC(=O)c1cc(S)cs1. The minimum absolute atomic E-state index is 0.0341. The first-order chi connectivity index (χ1) is 8.13. The normalized spacial score (nSPS) is 10.0. The summed E-state index contributed by atoms with van der Waals surface area (Å²) in [5, 5.41) is 7.24. The smallest absolute Gasteiger partial charge is 0.261 e. The van der Waals surface area contributed by atoms with Gasteiger partial charge in [0.25, 0.3) is 5.91 Å². The molecule has 1 aromatic rings. The molecule has 1 aromatic heterocycles. The van der Waals surface area contributed by atoms with Crippen LogP contribution in [0, 0.1) is 0 Å². The lowest BCUT2D eigenvalue weighted by Crippen LogP contribution is -2.30. The molecular weight excluding hydrogens is 256 g/mol. The summed E-state index contributed by atoms with van der Waals surface area (Å²) in [4.78, 5) is 24.2. The van der Waals surface area contributed by atoms with Crippen LogP contribution in [-0.2, 0) is 4.79 Å². The van der Waals surface area contributed by atoms with E-state index in [0.717, 1.165) is 11.3 Å². The third-order valence-electron chi connectivity index (χ3n) is 2.02. The molecule has 94 valence electrons. The number of hydrogen-bond acceptors (Lipinski definition) is 4. The van der Waals surface area contributed by atoms with Crippen molar-refractivity contribution >= 4 is 35.8 Å². The van der Waals surface area contributed by atoms with Crippen LogP contribution in [0.2, 0.25) is 0 Å². The number of thiophene rings is 1. The van der Waals surface area contributed by atoms with Crippen molar-refractivity contribution in [1.29, 1.82) is 0 Å². The lowest BCUT2D eigenvalue weighted by atomic mass is 10.3. The maximum absolute atomic E-state index is 11.6. The van der Waals surface area contributed by atoms with Crippen LogP contribution in [0.5, 0.6) is 0 Å². The fourth-order valence-electron chi connectivity index (χ4n) is 1.17. The predicted molar refractivity (Wildman–Crippen MR) is 71.8 cm³/mol. The van der Waals surface area contributed by atoms with Gasteiger partial charge in [-0.2, -0.15) is 0 Å². The van der Waals surface area contributed by atoms with Gasteiger partial charge in [0.05, 0.1) is 4.88 Å². The summed E-state index contributed by atoms with van der Waals surface area (Å²) >= 11 is 5.47. The molecule has 0 atom stereocenters. The topological polar surface area (TPSA) is 58.2 Å². The summed E-state index contributed by atoms with van der Waals surface area (Å²) < 4.78 is 0. The Morgan fingerprint density at radius 1 is 1.35 bits per heavy atom. The Labute approximate surface area is 110 Å². The molecule has 0 saturated heterocycles. The highest BCUT2D eigenvalue weighted by Gasteiger charge is 2.08. The van der Waals surface area contributed by atoms with Crippen molar-refractivity contribution in [2.45, 2.75) is 24.7 Å². The Kier molecular flexibility index (Phi) is 6.07. The van der Waals surface area contributed by atoms with Gasteiger partial charge in [-0.1, -0.05) is 6.92 Å². The van der Waals surface area contributed by atoms with Gasteiger partial charge < -0.3 is 10.6 Å². The monoisotopic (exact) mass is 272 g/mol. The molecule has 0 spiro atoms. The molecule has 0 bridgehead atoms.